The van der Waals surface area contributed by atoms with Crippen LogP contribution in [0, 0.1) is 32.4 Å². The molecule has 0 saturated carbocycles. The summed E-state index contributed by atoms with van der Waals surface area (Å²) in [4.78, 5) is 31.4. The molecule has 0 bridgehead atoms. The van der Waals surface area contributed by atoms with E-state index in [1.807, 2.05) is 172 Å². The van der Waals surface area contributed by atoms with Gasteiger partial charge < -0.3 is 4.74 Å². The van der Waals surface area contributed by atoms with Gasteiger partial charge in [0, 0.05) is 170 Å². The van der Waals surface area contributed by atoms with E-state index in [0.717, 1.165) is 93.8 Å². The van der Waals surface area contributed by atoms with Gasteiger partial charge >= 0.3 is 0 Å². The monoisotopic (exact) mass is 2150 g/mol. The summed E-state index contributed by atoms with van der Waals surface area (Å²) in [7, 11) is -24.0. The number of ether oxygens (including phenoxy) is 1. The van der Waals surface area contributed by atoms with Crippen molar-refractivity contribution in [1.82, 2.24) is 34.9 Å². The van der Waals surface area contributed by atoms with Gasteiger partial charge in [0.1, 0.15) is 17.4 Å². The molecule has 21 aromatic rings. The van der Waals surface area contributed by atoms with E-state index in [0.29, 0.717) is 149 Å². The highest BCUT2D eigenvalue weighted by atomic mass is 35.5. The van der Waals surface area contributed by atoms with E-state index >= 15 is 0 Å². The Morgan fingerprint density at radius 3 is 0.953 bits per heavy atom. The summed E-state index contributed by atoms with van der Waals surface area (Å²) >= 11 is 12.3. The van der Waals surface area contributed by atoms with Gasteiger partial charge in [0.05, 0.1) is 125 Å². The van der Waals surface area contributed by atoms with Gasteiger partial charge in [-0.25, -0.2) is 67.7 Å². The van der Waals surface area contributed by atoms with E-state index in [-0.39, 0.29) is 24.5 Å². The zero-order chi connectivity index (χ0) is 104. The van der Waals surface area contributed by atoms with Crippen molar-refractivity contribution in [3.05, 3.63) is 373 Å². The first-order valence-corrected chi connectivity index (χ1v) is 56.5. The lowest BCUT2D eigenvalue weighted by molar-refractivity contribution is 0.413. The molecule has 0 aliphatic carbocycles. The summed E-state index contributed by atoms with van der Waals surface area (Å²) in [5, 5.41) is 7.02. The fourth-order valence-corrected chi connectivity index (χ4v) is 28.6. The number of aryl methyl sites for hydroxylation is 3. The number of hydrogen-bond acceptors (Lipinski definition) is 22. The van der Waals surface area contributed by atoms with Gasteiger partial charge in [-0.2, -0.15) is 0 Å². The van der Waals surface area contributed by atoms with E-state index in [9.17, 15) is 67.7 Å². The molecule has 28 rings (SSSR count). The lowest BCUT2D eigenvalue weighted by Gasteiger charge is -2.23. The number of halogens is 4. The van der Waals surface area contributed by atoms with Gasteiger partial charge in [0.25, 0.3) is 70.2 Å². The summed E-state index contributed by atoms with van der Waals surface area (Å²) in [6.45, 7) is 5.38. The minimum absolute atomic E-state index is 0.0507. The molecule has 40 heteroatoms. The summed E-state index contributed by atoms with van der Waals surface area (Å²) in [5.41, 5.74) is 19.6. The van der Waals surface area contributed by atoms with E-state index in [1.54, 1.807) is 141 Å². The lowest BCUT2D eigenvalue weighted by Crippen LogP contribution is -2.19. The van der Waals surface area contributed by atoms with Crippen molar-refractivity contribution in [3.8, 4) is 83.6 Å². The number of sulfonamides is 7. The lowest BCUT2D eigenvalue weighted by atomic mass is 9.99. The van der Waals surface area contributed by atoms with Crippen LogP contribution in [0.25, 0.3) is 154 Å². The molecule has 0 atom stereocenters. The number of rotatable bonds is 1. The Bertz CT molecular complexity index is 9980. The third kappa shape index (κ3) is 17.6. The first-order chi connectivity index (χ1) is 71.4. The zero-order valence-corrected chi connectivity index (χ0v) is 85.1. The third-order valence-electron chi connectivity index (χ3n) is 25.7. The first-order valence-electron chi connectivity index (χ1n) is 45.3. The molecule has 7 aliphatic rings. The van der Waals surface area contributed by atoms with Gasteiger partial charge in [-0.05, 0) is 165 Å². The summed E-state index contributed by atoms with van der Waals surface area (Å²) < 4.78 is 225. The molecule has 0 amide bonds. The molecular formula is C109H74Cl2F2N14O15S7. The third-order valence-corrected chi connectivity index (χ3v) is 36.0. The number of fused-ring (bicyclic) bond motifs is 35. The van der Waals surface area contributed by atoms with Crippen molar-refractivity contribution >= 4 is 209 Å². The van der Waals surface area contributed by atoms with Gasteiger partial charge in [-0.3, -0.25) is 67.9 Å². The van der Waals surface area contributed by atoms with Gasteiger partial charge in [0.15, 0.2) is 0 Å². The number of nitrogens with one attached hydrogen (secondary N) is 7. The predicted octanol–water partition coefficient (Wildman–Crippen LogP) is 23.6. The van der Waals surface area contributed by atoms with Crippen LogP contribution >= 0.6 is 23.2 Å². The first kappa shape index (κ1) is 97.2. The zero-order valence-electron chi connectivity index (χ0n) is 77.9. The van der Waals surface area contributed by atoms with Crippen LogP contribution in [0.4, 0.5) is 48.6 Å². The second-order valence-corrected chi connectivity index (χ2v) is 47.4. The Morgan fingerprint density at radius 2 is 0.537 bits per heavy atom. The Labute approximate surface area is 861 Å². The second kappa shape index (κ2) is 37.1. The standard InChI is InChI=1S/C16H11FN2O2S.C16H12N2O3S.2C16H12N2O2S.2C15H9ClN2O2S.C15H9FN2O2S/c1-9-7-14-12(8-13(9)17)11-5-4-10-3-2-6-18-15(10)16(11)19-22(14,20)21;1-21-11-5-7-12-13-6-4-10-3-2-8-17-15(10)16(13)18-22(19,20)14(12)9-11;1-10-4-7-14-13(9-10)12-6-5-11-3-2-8-17-15(11)16(12)18-21(14,19)20;1-10-4-6-12-13-7-5-11-3-2-8-17-15(11)16(13)18-21(19,20)14(12)9-10;16-10-4-6-13-12(8-10)11-5-3-9-2-1-7-17-14(9)15(11)18-21(13,19)20;16-12-8-11-9-4-1-2-6-13(9)21(19,20)18-15(11)14-10(12)5-3-7-17-14;16-10-4-6-11-12-5-3-9-2-1-7-17-14(9)15(12)18-21(19,20)13(11)8-10/h2-8,19H,1H3;2-9,18H,1H3;2*2-9,18H,1H3;3*1-8,18H. The quantitative estimate of drug-likeness (QED) is 0.0802. The maximum absolute atomic E-state index is 13.9. The average Bonchev–Trinajstić information content (AvgIpc) is 0.651. The Morgan fingerprint density at radius 1 is 0.242 bits per heavy atom. The van der Waals surface area contributed by atoms with Crippen LogP contribution in [0.2, 0.25) is 10.0 Å². The van der Waals surface area contributed by atoms with Crippen molar-refractivity contribution in [1.29, 1.82) is 0 Å². The van der Waals surface area contributed by atoms with Crippen LogP contribution < -0.4 is 37.8 Å². The SMILES string of the molecule is COc1ccc2c(c1)S(=O)(=O)Nc1c-2ccc2cccnc12.Cc1cc2c(cc1F)-c1ccc3cccnc3c1NS2(=O)=O.Cc1ccc2c(c1)-c1ccc3cccnc3c1NS2(=O)=O.Cc1ccc2c(c1)S(=O)(=O)Nc1c-2ccc2cccnc12.O=S1(=O)Nc2c(cc(Cl)c3cccnc23)-c2ccccc21.O=S1(=O)Nc2c(ccc3cccnc23)-c2cc(Cl)ccc21.O=S1(=O)Nc2c(ccc3cccnc23)-c2ccc(F)cc21. The fraction of sp³-hybridized carbons (Fsp3) is 0.0367. The minimum Gasteiger partial charge on any atom is -0.497 e. The Balaban J connectivity index is 0.0000000984. The van der Waals surface area contributed by atoms with Gasteiger partial charge in [-0.1, -0.05) is 180 Å². The molecule has 7 N–H and O–H groups in total. The summed E-state index contributed by atoms with van der Waals surface area (Å²) in [6.07, 6.45) is 11.5. The molecule has 0 spiro atoms. The van der Waals surface area contributed by atoms with Gasteiger partial charge in [0.2, 0.25) is 0 Å². The summed E-state index contributed by atoms with van der Waals surface area (Å²) in [6, 6.07) is 84.3. The van der Waals surface area contributed by atoms with Crippen molar-refractivity contribution in [2.75, 3.05) is 40.2 Å². The predicted molar refractivity (Wildman–Crippen MR) is 577 cm³/mol. The Kier molecular flexibility index (Phi) is 24.2. The van der Waals surface area contributed by atoms with E-state index in [1.165, 1.54) is 43.5 Å². The van der Waals surface area contributed by atoms with E-state index < -0.39 is 81.8 Å². The topological polar surface area (TPSA) is 423 Å². The van der Waals surface area contributed by atoms with Crippen molar-refractivity contribution in [3.63, 3.8) is 0 Å². The molecule has 740 valence electrons. The van der Waals surface area contributed by atoms with E-state index in [2.05, 4.69) is 67.9 Å². The molecule has 7 aromatic heterocycles. The summed E-state index contributed by atoms with van der Waals surface area (Å²) in [5.74, 6) is -0.504. The number of methoxy groups -OCH3 is 1. The maximum atomic E-state index is 13.9. The maximum Gasteiger partial charge on any atom is 0.262 e. The van der Waals surface area contributed by atoms with Crippen LogP contribution in [0.5, 0.6) is 5.75 Å². The van der Waals surface area contributed by atoms with Crippen LogP contribution in [-0.2, 0) is 70.2 Å². The normalized spacial score (nSPS) is 15.0. The van der Waals surface area contributed by atoms with Gasteiger partial charge in [-0.15, -0.1) is 0 Å². The molecule has 0 fully saturated rings. The number of pyridine rings is 7. The molecule has 7 aliphatic heterocycles. The molecular weight excluding hydrogens is 2080 g/mol. The number of nitrogens with zero attached hydrogens (tertiary/aromatic N) is 7. The van der Waals surface area contributed by atoms with Crippen LogP contribution in [0.3, 0.4) is 0 Å². The minimum atomic E-state index is -3.80. The van der Waals surface area contributed by atoms with Crippen LogP contribution in [0.1, 0.15) is 16.7 Å². The molecule has 0 saturated heterocycles. The molecule has 0 radical (unpaired) electrons. The molecule has 29 nitrogen and oxygen atoms in total. The van der Waals surface area contributed by atoms with Crippen molar-refractivity contribution in [2.45, 2.75) is 55.0 Å². The van der Waals surface area contributed by atoms with Crippen molar-refractivity contribution in [2.24, 2.45) is 0 Å². The van der Waals surface area contributed by atoms with Crippen LogP contribution in [0.15, 0.2) is 369 Å². The average molecular weight is 2150 g/mol. The molecule has 0 unspecified atom stereocenters. The molecule has 14 aromatic carbocycles. The second-order valence-electron chi connectivity index (χ2n) is 35.0. The molecule has 149 heavy (non-hydrogen) atoms. The Hall–Kier alpha value is -16.6. The highest BCUT2D eigenvalue weighted by Gasteiger charge is 2.38. The number of hydrogen-bond donors (Lipinski definition) is 7. The number of aromatic nitrogens is 7. The molecule has 14 heterocycles. The van der Waals surface area contributed by atoms with Crippen molar-refractivity contribution < 1.29 is 72.4 Å². The van der Waals surface area contributed by atoms with Crippen LogP contribution in [-0.4, -0.2) is 101 Å². The number of benzene rings is 14. The highest BCUT2D eigenvalue weighted by molar-refractivity contribution is 7.95. The van der Waals surface area contributed by atoms with E-state index in [4.69, 9.17) is 27.9 Å². The highest BCUT2D eigenvalue weighted by Crippen LogP contribution is 2.52. The fourth-order valence-electron chi connectivity index (χ4n) is 18.8. The largest absolute Gasteiger partial charge is 0.497 e. The number of anilines is 7. The smallest absolute Gasteiger partial charge is 0.262 e.